The lowest BCUT2D eigenvalue weighted by atomic mass is 9.87. The molecule has 0 atom stereocenters. The van der Waals surface area contributed by atoms with Gasteiger partial charge in [0.15, 0.2) is 0 Å². The molecule has 17 heteroatoms. The van der Waals surface area contributed by atoms with E-state index in [1.807, 2.05) is 0 Å². The summed E-state index contributed by atoms with van der Waals surface area (Å²) in [4.78, 5) is 6.91. The van der Waals surface area contributed by atoms with Gasteiger partial charge in [0.2, 0.25) is 11.9 Å². The summed E-state index contributed by atoms with van der Waals surface area (Å²) in [6.07, 6.45) is 2.95. The lowest BCUT2D eigenvalue weighted by Gasteiger charge is -2.46. The van der Waals surface area contributed by atoms with Crippen LogP contribution < -0.4 is 16.4 Å². The summed E-state index contributed by atoms with van der Waals surface area (Å²) in [5.74, 6) is -0.419. The molecule has 0 saturated heterocycles. The van der Waals surface area contributed by atoms with Crippen molar-refractivity contribution in [1.29, 1.82) is 0 Å². The molecular weight excluding hydrogens is 526 g/mol. The molecule has 0 amide bonds. The smallest absolute Gasteiger partial charge is 0.296 e. The maximum atomic E-state index is 12.4. The fraction of sp³-hybridized carbons (Fsp3) is 0.333. The fourth-order valence-electron chi connectivity index (χ4n) is 4.53. The molecule has 7 N–H and O–H groups in total. The van der Waals surface area contributed by atoms with Crippen molar-refractivity contribution < 1.29 is 38.9 Å². The standard InChI is InChI=1S/C18H21N5O9S3/c19-16-21-17(20)23(18(22-16)4-2-1-3-5-18)13-9-12-10(7-15(13)35(30,31)32)6-11(33(24,25)26)8-14(12)34(27,28)29/h6-9H,1-5H2,(H,24,25,26)(H,27,28,29)(H,30,31,32)(H4,19,20,21,22). The van der Waals surface area contributed by atoms with Gasteiger partial charge in [-0.3, -0.25) is 18.6 Å². The molecular formula is C18H21N5O9S3. The Hall–Kier alpha value is -2.83. The van der Waals surface area contributed by atoms with E-state index in [2.05, 4.69) is 9.98 Å². The van der Waals surface area contributed by atoms with Gasteiger partial charge in [-0.05, 0) is 55.3 Å². The predicted molar refractivity (Wildman–Crippen MR) is 125 cm³/mol. The van der Waals surface area contributed by atoms with Crippen LogP contribution in [-0.2, 0) is 30.4 Å². The Kier molecular flexibility index (Phi) is 5.85. The average Bonchev–Trinajstić information content (AvgIpc) is 2.70. The number of anilines is 1. The van der Waals surface area contributed by atoms with E-state index in [0.717, 1.165) is 24.6 Å². The maximum Gasteiger partial charge on any atom is 0.296 e. The highest BCUT2D eigenvalue weighted by Gasteiger charge is 2.44. The van der Waals surface area contributed by atoms with E-state index < -0.39 is 50.7 Å². The number of nitrogens with two attached hydrogens (primary N) is 2. The quantitative estimate of drug-likeness (QED) is 0.332. The summed E-state index contributed by atoms with van der Waals surface area (Å²) < 4.78 is 102. The van der Waals surface area contributed by atoms with Crippen LogP contribution in [0.25, 0.3) is 10.8 Å². The largest absolute Gasteiger partial charge is 0.369 e. The van der Waals surface area contributed by atoms with Gasteiger partial charge in [-0.25, -0.2) is 4.99 Å². The van der Waals surface area contributed by atoms with E-state index in [-0.39, 0.29) is 28.4 Å². The molecule has 1 spiro atoms. The molecule has 1 aliphatic carbocycles. The molecule has 1 heterocycles. The van der Waals surface area contributed by atoms with E-state index in [4.69, 9.17) is 11.5 Å². The number of aliphatic imine (C=N–C) groups is 2. The monoisotopic (exact) mass is 547 g/mol. The molecule has 2 aliphatic rings. The van der Waals surface area contributed by atoms with Crippen LogP contribution in [0.5, 0.6) is 0 Å². The number of fused-ring (bicyclic) bond motifs is 1. The third-order valence-corrected chi connectivity index (χ3v) is 8.52. The van der Waals surface area contributed by atoms with Crippen LogP contribution in [0.4, 0.5) is 5.69 Å². The van der Waals surface area contributed by atoms with Crippen molar-refractivity contribution in [1.82, 2.24) is 0 Å². The van der Waals surface area contributed by atoms with Gasteiger partial charge in [-0.1, -0.05) is 6.42 Å². The number of rotatable bonds is 4. The van der Waals surface area contributed by atoms with Crippen molar-refractivity contribution in [2.45, 2.75) is 52.5 Å². The summed E-state index contributed by atoms with van der Waals surface area (Å²) in [5, 5.41) is -0.652. The first kappa shape index (κ1) is 25.3. The van der Waals surface area contributed by atoms with Crippen molar-refractivity contribution in [3.8, 4) is 0 Å². The van der Waals surface area contributed by atoms with Crippen molar-refractivity contribution in [2.24, 2.45) is 21.5 Å². The zero-order chi connectivity index (χ0) is 26.0. The van der Waals surface area contributed by atoms with Crippen LogP contribution in [0.3, 0.4) is 0 Å². The van der Waals surface area contributed by atoms with Crippen LogP contribution >= 0.6 is 0 Å². The molecule has 2 aromatic rings. The Morgan fingerprint density at radius 1 is 0.800 bits per heavy atom. The number of benzene rings is 2. The zero-order valence-corrected chi connectivity index (χ0v) is 20.3. The Balaban J connectivity index is 2.14. The number of hydrogen-bond donors (Lipinski definition) is 5. The van der Waals surface area contributed by atoms with Crippen LogP contribution in [0.15, 0.2) is 48.9 Å². The van der Waals surface area contributed by atoms with Gasteiger partial charge < -0.3 is 11.5 Å². The topological polar surface area (TPSA) is 243 Å². The summed E-state index contributed by atoms with van der Waals surface area (Å²) in [6, 6.07) is 3.11. The summed E-state index contributed by atoms with van der Waals surface area (Å²) >= 11 is 0. The lowest BCUT2D eigenvalue weighted by molar-refractivity contribution is 0.304. The van der Waals surface area contributed by atoms with Gasteiger partial charge in [0.1, 0.15) is 15.5 Å². The van der Waals surface area contributed by atoms with E-state index >= 15 is 0 Å². The number of guanidine groups is 2. The lowest BCUT2D eigenvalue weighted by Crippen LogP contribution is -2.58. The summed E-state index contributed by atoms with van der Waals surface area (Å²) in [5.41, 5.74) is 10.4. The minimum Gasteiger partial charge on any atom is -0.369 e. The predicted octanol–water partition coefficient (Wildman–Crippen LogP) is 0.690. The molecule has 0 aromatic heterocycles. The van der Waals surface area contributed by atoms with Gasteiger partial charge in [0, 0.05) is 5.39 Å². The normalized spacial score (nSPS) is 19.0. The average molecular weight is 548 g/mol. The SMILES string of the molecule is NC1=NC2(CCCCC2)N(c2cc3c(S(=O)(=O)O)cc(S(=O)(=O)O)cc3cc2S(=O)(=O)O)C(N)=N1. The molecule has 1 fully saturated rings. The van der Waals surface area contributed by atoms with Crippen LogP contribution in [0.1, 0.15) is 32.1 Å². The highest BCUT2D eigenvalue weighted by molar-refractivity contribution is 7.87. The Bertz CT molecular complexity index is 1630. The third kappa shape index (κ3) is 4.57. The minimum absolute atomic E-state index is 0.147. The highest BCUT2D eigenvalue weighted by Crippen LogP contribution is 2.43. The molecule has 0 radical (unpaired) electrons. The van der Waals surface area contributed by atoms with E-state index in [9.17, 15) is 38.9 Å². The van der Waals surface area contributed by atoms with E-state index in [0.29, 0.717) is 31.7 Å². The van der Waals surface area contributed by atoms with Crippen LogP contribution in [-0.4, -0.2) is 56.5 Å². The molecule has 4 rings (SSSR count). The van der Waals surface area contributed by atoms with Crippen LogP contribution in [0, 0.1) is 0 Å². The second kappa shape index (κ2) is 8.10. The maximum absolute atomic E-state index is 12.4. The third-order valence-electron chi connectivity index (χ3n) is 5.91. The van der Waals surface area contributed by atoms with Gasteiger partial charge in [-0.2, -0.15) is 30.2 Å². The van der Waals surface area contributed by atoms with Crippen molar-refractivity contribution in [2.75, 3.05) is 4.90 Å². The molecule has 14 nitrogen and oxygen atoms in total. The van der Waals surface area contributed by atoms with Gasteiger partial charge in [-0.15, -0.1) is 0 Å². The Morgan fingerprint density at radius 3 is 1.94 bits per heavy atom. The van der Waals surface area contributed by atoms with E-state index in [1.165, 1.54) is 4.90 Å². The van der Waals surface area contributed by atoms with Crippen molar-refractivity contribution in [3.05, 3.63) is 24.3 Å². The van der Waals surface area contributed by atoms with Gasteiger partial charge in [0.25, 0.3) is 30.4 Å². The zero-order valence-electron chi connectivity index (χ0n) is 17.9. The summed E-state index contributed by atoms with van der Waals surface area (Å²) in [6.45, 7) is 0. The van der Waals surface area contributed by atoms with Gasteiger partial charge in [0.05, 0.1) is 10.6 Å². The minimum atomic E-state index is -5.08. The Morgan fingerprint density at radius 2 is 1.40 bits per heavy atom. The fourth-order valence-corrected chi connectivity index (χ4v) is 6.57. The van der Waals surface area contributed by atoms with Gasteiger partial charge >= 0.3 is 0 Å². The van der Waals surface area contributed by atoms with Crippen molar-refractivity contribution >= 4 is 58.7 Å². The molecule has 1 aliphatic heterocycles. The molecule has 190 valence electrons. The molecule has 0 bridgehead atoms. The molecule has 0 unspecified atom stereocenters. The molecule has 1 saturated carbocycles. The highest BCUT2D eigenvalue weighted by atomic mass is 32.2. The van der Waals surface area contributed by atoms with Crippen LogP contribution in [0.2, 0.25) is 0 Å². The first-order valence-electron chi connectivity index (χ1n) is 10.1. The van der Waals surface area contributed by atoms with E-state index in [1.54, 1.807) is 0 Å². The first-order chi connectivity index (χ1) is 16.0. The molecule has 35 heavy (non-hydrogen) atoms. The second-order valence-corrected chi connectivity index (χ2v) is 12.4. The summed E-state index contributed by atoms with van der Waals surface area (Å²) in [7, 11) is -15.1. The second-order valence-electron chi connectivity index (χ2n) is 8.21. The number of hydrogen-bond acceptors (Lipinski definition) is 11. The first-order valence-corrected chi connectivity index (χ1v) is 14.4. The van der Waals surface area contributed by atoms with Crippen molar-refractivity contribution in [3.63, 3.8) is 0 Å². The number of nitrogens with zero attached hydrogens (tertiary/aromatic N) is 3. The molecule has 2 aromatic carbocycles. The Labute approximate surface area is 200 Å².